The molecule has 0 aliphatic rings. The van der Waals surface area contributed by atoms with Crippen molar-refractivity contribution in [1.29, 1.82) is 0 Å². The number of ether oxygens (including phenoxy) is 2. The summed E-state index contributed by atoms with van der Waals surface area (Å²) in [6, 6.07) is 19.8. The summed E-state index contributed by atoms with van der Waals surface area (Å²) in [5.41, 5.74) is 3.23. The van der Waals surface area contributed by atoms with Crippen molar-refractivity contribution >= 4 is 34.4 Å². The van der Waals surface area contributed by atoms with Crippen molar-refractivity contribution in [2.45, 2.75) is 6.92 Å². The van der Waals surface area contributed by atoms with Crippen LogP contribution in [0.3, 0.4) is 0 Å². The minimum absolute atomic E-state index is 0.240. The van der Waals surface area contributed by atoms with E-state index in [1.807, 2.05) is 37.3 Å². The first-order valence-corrected chi connectivity index (χ1v) is 10.3. The predicted molar refractivity (Wildman–Crippen MR) is 128 cm³/mol. The van der Waals surface area contributed by atoms with Gasteiger partial charge in [-0.3, -0.25) is 9.59 Å². The Bertz CT molecular complexity index is 1350. The van der Waals surface area contributed by atoms with Gasteiger partial charge in [-0.1, -0.05) is 30.3 Å². The summed E-state index contributed by atoms with van der Waals surface area (Å²) in [5.74, 6) is 0.731. The van der Waals surface area contributed by atoms with Crippen molar-refractivity contribution in [3.63, 3.8) is 0 Å². The van der Waals surface area contributed by atoms with E-state index in [4.69, 9.17) is 13.9 Å². The number of nitrogens with one attached hydrogen (secondary N) is 1. The summed E-state index contributed by atoms with van der Waals surface area (Å²) in [4.78, 5) is 25.4. The van der Waals surface area contributed by atoms with Crippen molar-refractivity contribution in [2.75, 3.05) is 19.5 Å². The van der Waals surface area contributed by atoms with E-state index in [-0.39, 0.29) is 17.5 Å². The Morgan fingerprint density at radius 1 is 0.909 bits per heavy atom. The lowest BCUT2D eigenvalue weighted by molar-refractivity contribution is -0.111. The van der Waals surface area contributed by atoms with E-state index in [0.717, 1.165) is 10.9 Å². The van der Waals surface area contributed by atoms with Gasteiger partial charge in [0.1, 0.15) is 5.58 Å². The number of anilines is 1. The summed E-state index contributed by atoms with van der Waals surface area (Å²) in [6.45, 7) is 1.82. The van der Waals surface area contributed by atoms with E-state index in [0.29, 0.717) is 33.9 Å². The molecule has 6 nitrogen and oxygen atoms in total. The van der Waals surface area contributed by atoms with Gasteiger partial charge in [0.05, 0.1) is 14.2 Å². The zero-order valence-electron chi connectivity index (χ0n) is 18.5. The van der Waals surface area contributed by atoms with Gasteiger partial charge in [0.2, 0.25) is 11.7 Å². The quantitative estimate of drug-likeness (QED) is 0.297. The molecular weight excluding hydrogens is 418 g/mol. The molecule has 0 unspecified atom stereocenters. The fourth-order valence-electron chi connectivity index (χ4n) is 3.54. The second-order valence-corrected chi connectivity index (χ2v) is 7.40. The number of amides is 1. The molecule has 1 N–H and O–H groups in total. The third kappa shape index (κ3) is 4.65. The average Bonchev–Trinajstić information content (AvgIpc) is 3.18. The van der Waals surface area contributed by atoms with Crippen LogP contribution in [-0.4, -0.2) is 25.9 Å². The fraction of sp³-hybridized carbons (Fsp3) is 0.111. The zero-order valence-corrected chi connectivity index (χ0v) is 18.5. The van der Waals surface area contributed by atoms with E-state index in [1.165, 1.54) is 20.3 Å². The van der Waals surface area contributed by atoms with Gasteiger partial charge in [-0.25, -0.2) is 0 Å². The highest BCUT2D eigenvalue weighted by Crippen LogP contribution is 2.32. The first kappa shape index (κ1) is 21.9. The van der Waals surface area contributed by atoms with Gasteiger partial charge in [-0.05, 0) is 55.0 Å². The molecule has 0 atom stereocenters. The SMILES string of the molecule is COc1ccc(C(=O)c2oc3ccc(NC(=O)/C=C/c4ccccc4)cc3c2C)cc1OC. The molecule has 4 aromatic rings. The lowest BCUT2D eigenvalue weighted by Gasteiger charge is -2.08. The summed E-state index contributed by atoms with van der Waals surface area (Å²) < 4.78 is 16.4. The van der Waals surface area contributed by atoms with Crippen molar-refractivity contribution in [3.05, 3.63) is 95.3 Å². The van der Waals surface area contributed by atoms with E-state index < -0.39 is 0 Å². The number of carbonyl (C=O) groups excluding carboxylic acids is 2. The van der Waals surface area contributed by atoms with Crippen LogP contribution in [0.25, 0.3) is 17.0 Å². The van der Waals surface area contributed by atoms with Crippen LogP contribution < -0.4 is 14.8 Å². The summed E-state index contributed by atoms with van der Waals surface area (Å²) >= 11 is 0. The summed E-state index contributed by atoms with van der Waals surface area (Å²) in [6.07, 6.45) is 3.23. The molecule has 0 bridgehead atoms. The lowest BCUT2D eigenvalue weighted by Crippen LogP contribution is -2.07. The maximum absolute atomic E-state index is 13.1. The zero-order chi connectivity index (χ0) is 23.4. The Kier molecular flexibility index (Phi) is 6.26. The first-order chi connectivity index (χ1) is 16.0. The smallest absolute Gasteiger partial charge is 0.248 e. The molecule has 0 saturated heterocycles. The van der Waals surface area contributed by atoms with Gasteiger partial charge in [0.25, 0.3) is 0 Å². The van der Waals surface area contributed by atoms with Gasteiger partial charge in [-0.15, -0.1) is 0 Å². The topological polar surface area (TPSA) is 77.8 Å². The van der Waals surface area contributed by atoms with Crippen LogP contribution in [-0.2, 0) is 4.79 Å². The number of carbonyl (C=O) groups is 2. The molecule has 3 aromatic carbocycles. The number of fused-ring (bicyclic) bond motifs is 1. The third-order valence-electron chi connectivity index (χ3n) is 5.28. The van der Waals surface area contributed by atoms with Crippen molar-refractivity contribution in [1.82, 2.24) is 0 Å². The minimum atomic E-state index is -0.263. The van der Waals surface area contributed by atoms with Crippen molar-refractivity contribution < 1.29 is 23.5 Å². The molecule has 0 saturated carbocycles. The van der Waals surface area contributed by atoms with Gasteiger partial charge < -0.3 is 19.2 Å². The molecule has 0 fully saturated rings. The number of furan rings is 1. The van der Waals surface area contributed by atoms with Gasteiger partial charge in [0.15, 0.2) is 17.3 Å². The molecule has 1 heterocycles. The monoisotopic (exact) mass is 441 g/mol. The van der Waals surface area contributed by atoms with Crippen LogP contribution in [0.5, 0.6) is 11.5 Å². The van der Waals surface area contributed by atoms with E-state index in [2.05, 4.69) is 5.32 Å². The van der Waals surface area contributed by atoms with Crippen molar-refractivity contribution in [2.24, 2.45) is 0 Å². The second-order valence-electron chi connectivity index (χ2n) is 7.40. The Morgan fingerprint density at radius 2 is 1.67 bits per heavy atom. The van der Waals surface area contributed by atoms with Crippen LogP contribution in [0.4, 0.5) is 5.69 Å². The van der Waals surface area contributed by atoms with Crippen molar-refractivity contribution in [3.8, 4) is 11.5 Å². The van der Waals surface area contributed by atoms with E-state index in [1.54, 1.807) is 42.5 Å². The van der Waals surface area contributed by atoms with Crippen LogP contribution in [0, 0.1) is 6.92 Å². The Hall–Kier alpha value is -4.32. The van der Waals surface area contributed by atoms with Crippen LogP contribution in [0.2, 0.25) is 0 Å². The largest absolute Gasteiger partial charge is 0.493 e. The molecule has 0 radical (unpaired) electrons. The van der Waals surface area contributed by atoms with Gasteiger partial charge in [-0.2, -0.15) is 0 Å². The molecule has 0 aliphatic carbocycles. The Morgan fingerprint density at radius 3 is 2.39 bits per heavy atom. The Labute approximate surface area is 191 Å². The number of hydrogen-bond donors (Lipinski definition) is 1. The second kappa shape index (κ2) is 9.44. The standard InChI is InChI=1S/C27H23NO5/c1-17-21-16-20(28-25(29)14-9-18-7-5-4-6-8-18)11-13-22(21)33-27(17)26(30)19-10-12-23(31-2)24(15-19)32-3/h4-16H,1-3H3,(H,28,29)/b14-9+. The highest BCUT2D eigenvalue weighted by molar-refractivity contribution is 6.11. The maximum Gasteiger partial charge on any atom is 0.248 e. The molecule has 0 aliphatic heterocycles. The normalized spacial score (nSPS) is 11.0. The number of methoxy groups -OCH3 is 2. The van der Waals surface area contributed by atoms with Crippen LogP contribution in [0.1, 0.15) is 27.2 Å². The molecule has 4 rings (SSSR count). The van der Waals surface area contributed by atoms with Gasteiger partial charge in [0, 0.05) is 28.3 Å². The highest BCUT2D eigenvalue weighted by Gasteiger charge is 2.21. The average molecular weight is 441 g/mol. The Balaban J connectivity index is 1.57. The highest BCUT2D eigenvalue weighted by atomic mass is 16.5. The van der Waals surface area contributed by atoms with E-state index >= 15 is 0 Å². The molecular formula is C27H23NO5. The number of hydrogen-bond acceptors (Lipinski definition) is 5. The summed E-state index contributed by atoms with van der Waals surface area (Å²) in [7, 11) is 3.06. The summed E-state index contributed by atoms with van der Waals surface area (Å²) in [5, 5.41) is 3.60. The number of benzene rings is 3. The fourth-order valence-corrected chi connectivity index (χ4v) is 3.54. The third-order valence-corrected chi connectivity index (χ3v) is 5.28. The maximum atomic E-state index is 13.1. The molecule has 1 aromatic heterocycles. The molecule has 6 heteroatoms. The van der Waals surface area contributed by atoms with Gasteiger partial charge >= 0.3 is 0 Å². The minimum Gasteiger partial charge on any atom is -0.493 e. The van der Waals surface area contributed by atoms with Crippen LogP contribution >= 0.6 is 0 Å². The molecule has 166 valence electrons. The molecule has 33 heavy (non-hydrogen) atoms. The van der Waals surface area contributed by atoms with Crippen LogP contribution in [0.15, 0.2) is 77.2 Å². The predicted octanol–water partition coefficient (Wildman–Crippen LogP) is 5.64. The lowest BCUT2D eigenvalue weighted by atomic mass is 10.0. The number of rotatable bonds is 7. The number of aryl methyl sites for hydroxylation is 1. The van der Waals surface area contributed by atoms with E-state index in [9.17, 15) is 9.59 Å². The molecule has 0 spiro atoms. The first-order valence-electron chi connectivity index (χ1n) is 10.3. The molecule has 1 amide bonds. The number of ketones is 1.